The maximum Gasteiger partial charge on any atom is 0.265 e. The summed E-state index contributed by atoms with van der Waals surface area (Å²) in [7, 11) is -0.971. The third kappa shape index (κ3) is 6.24. The highest BCUT2D eigenvalue weighted by Crippen LogP contribution is 2.31. The van der Waals surface area contributed by atoms with Crippen LogP contribution in [-0.2, 0) is 14.8 Å². The Balaban J connectivity index is 1.72. The third-order valence-electron chi connectivity index (χ3n) is 5.57. The van der Waals surface area contributed by atoms with E-state index in [1.165, 1.54) is 44.6 Å². The molecule has 35 heavy (non-hydrogen) atoms. The van der Waals surface area contributed by atoms with Crippen molar-refractivity contribution < 1.29 is 27.4 Å². The van der Waals surface area contributed by atoms with Gasteiger partial charge in [0.05, 0.1) is 24.8 Å². The van der Waals surface area contributed by atoms with Gasteiger partial charge < -0.3 is 19.5 Å². The topological polar surface area (TPSA) is 103 Å². The lowest BCUT2D eigenvalue weighted by Crippen LogP contribution is -2.32. The molecule has 0 saturated heterocycles. The summed E-state index contributed by atoms with van der Waals surface area (Å²) < 4.78 is 44.7. The summed E-state index contributed by atoms with van der Waals surface area (Å²) in [5, 5.41) is 2.79. The molecule has 1 atom stereocenters. The predicted octanol–water partition coefficient (Wildman–Crippen LogP) is 4.92. The second-order valence-electron chi connectivity index (χ2n) is 7.90. The van der Waals surface area contributed by atoms with Gasteiger partial charge in [0.1, 0.15) is 17.2 Å². The van der Waals surface area contributed by atoms with Gasteiger partial charge in [-0.05, 0) is 73.9 Å². The molecule has 186 valence electrons. The lowest BCUT2D eigenvalue weighted by atomic mass is 10.1. The molecule has 0 radical (unpaired) electrons. The Kier molecular flexibility index (Phi) is 8.24. The van der Waals surface area contributed by atoms with E-state index >= 15 is 0 Å². The number of carbonyl (C=O) groups excluding carboxylic acids is 1. The fourth-order valence-corrected chi connectivity index (χ4v) is 4.43. The number of amides is 1. The van der Waals surface area contributed by atoms with Crippen molar-refractivity contribution >= 4 is 27.3 Å². The van der Waals surface area contributed by atoms with Gasteiger partial charge in [-0.1, -0.05) is 19.1 Å². The van der Waals surface area contributed by atoms with E-state index in [0.717, 1.165) is 11.1 Å². The van der Waals surface area contributed by atoms with Crippen molar-refractivity contribution in [2.75, 3.05) is 24.3 Å². The summed E-state index contributed by atoms with van der Waals surface area (Å²) in [5.74, 6) is 1.18. The van der Waals surface area contributed by atoms with E-state index in [1.54, 1.807) is 12.1 Å². The van der Waals surface area contributed by atoms with Gasteiger partial charge >= 0.3 is 0 Å². The Labute approximate surface area is 206 Å². The van der Waals surface area contributed by atoms with Gasteiger partial charge in [0, 0.05) is 11.8 Å². The van der Waals surface area contributed by atoms with Crippen molar-refractivity contribution in [2.45, 2.75) is 38.2 Å². The maximum atomic E-state index is 12.9. The van der Waals surface area contributed by atoms with Crippen molar-refractivity contribution in [1.29, 1.82) is 0 Å². The number of sulfonamides is 1. The minimum absolute atomic E-state index is 0.0269. The fourth-order valence-electron chi connectivity index (χ4n) is 3.37. The number of benzene rings is 3. The number of ether oxygens (including phenoxy) is 3. The minimum atomic E-state index is -3.91. The molecule has 3 rings (SSSR count). The molecule has 0 saturated carbocycles. The third-order valence-corrected chi connectivity index (χ3v) is 6.95. The van der Waals surface area contributed by atoms with Crippen molar-refractivity contribution in [3.8, 4) is 17.2 Å². The van der Waals surface area contributed by atoms with Crippen LogP contribution in [0.5, 0.6) is 17.2 Å². The quantitative estimate of drug-likeness (QED) is 0.411. The molecule has 0 unspecified atom stereocenters. The van der Waals surface area contributed by atoms with Crippen LogP contribution < -0.4 is 24.2 Å². The van der Waals surface area contributed by atoms with Crippen molar-refractivity contribution in [3.05, 3.63) is 71.8 Å². The number of hydrogen-bond acceptors (Lipinski definition) is 6. The largest absolute Gasteiger partial charge is 0.497 e. The molecule has 0 heterocycles. The van der Waals surface area contributed by atoms with Crippen LogP contribution in [0.3, 0.4) is 0 Å². The number of aryl methyl sites for hydroxylation is 1. The molecule has 0 aliphatic heterocycles. The number of hydrogen-bond donors (Lipinski definition) is 2. The molecule has 0 fully saturated rings. The van der Waals surface area contributed by atoms with Gasteiger partial charge in [-0.2, -0.15) is 0 Å². The van der Waals surface area contributed by atoms with E-state index in [0.29, 0.717) is 29.4 Å². The lowest BCUT2D eigenvalue weighted by Gasteiger charge is -2.19. The highest BCUT2D eigenvalue weighted by molar-refractivity contribution is 7.92. The molecule has 0 bridgehead atoms. The van der Waals surface area contributed by atoms with Crippen LogP contribution >= 0.6 is 0 Å². The Morgan fingerprint density at radius 3 is 2.29 bits per heavy atom. The second kappa shape index (κ2) is 11.1. The first-order valence-corrected chi connectivity index (χ1v) is 12.6. The zero-order chi connectivity index (χ0) is 25.6. The number of anilines is 2. The highest BCUT2D eigenvalue weighted by Gasteiger charge is 2.21. The normalized spacial score (nSPS) is 11.9. The predicted molar refractivity (Wildman–Crippen MR) is 136 cm³/mol. The Morgan fingerprint density at radius 1 is 0.943 bits per heavy atom. The molecular formula is C26H30N2O6S. The van der Waals surface area contributed by atoms with Gasteiger partial charge in [-0.25, -0.2) is 8.42 Å². The SMILES string of the molecule is CC[C@@H](Oc1cccc(C)c1C)C(=O)Nc1ccc(S(=O)(=O)Nc2cc(OC)ccc2OC)cc1. The van der Waals surface area contributed by atoms with Crippen LogP contribution in [0.2, 0.25) is 0 Å². The van der Waals surface area contributed by atoms with E-state index in [-0.39, 0.29) is 16.5 Å². The van der Waals surface area contributed by atoms with E-state index < -0.39 is 16.1 Å². The van der Waals surface area contributed by atoms with E-state index in [2.05, 4.69) is 10.0 Å². The summed E-state index contributed by atoms with van der Waals surface area (Å²) in [6.45, 7) is 5.80. The van der Waals surface area contributed by atoms with Crippen LogP contribution in [0.15, 0.2) is 65.6 Å². The molecule has 3 aromatic carbocycles. The molecule has 9 heteroatoms. The molecule has 0 spiro atoms. The summed E-state index contributed by atoms with van der Waals surface area (Å²) in [4.78, 5) is 12.8. The van der Waals surface area contributed by atoms with Gasteiger partial charge in [-0.15, -0.1) is 0 Å². The first kappa shape index (κ1) is 25.9. The molecule has 3 aromatic rings. The number of carbonyl (C=O) groups is 1. The maximum absolute atomic E-state index is 12.9. The average Bonchev–Trinajstić information content (AvgIpc) is 2.84. The van der Waals surface area contributed by atoms with Gasteiger partial charge in [0.25, 0.3) is 15.9 Å². The zero-order valence-electron chi connectivity index (χ0n) is 20.4. The first-order valence-electron chi connectivity index (χ1n) is 11.1. The number of rotatable bonds is 10. The van der Waals surface area contributed by atoms with Crippen molar-refractivity contribution in [3.63, 3.8) is 0 Å². The number of nitrogens with one attached hydrogen (secondary N) is 2. The lowest BCUT2D eigenvalue weighted by molar-refractivity contribution is -0.122. The molecule has 0 aromatic heterocycles. The van der Waals surface area contributed by atoms with E-state index in [1.807, 2.05) is 39.0 Å². The Hall–Kier alpha value is -3.72. The Bertz CT molecular complexity index is 1290. The van der Waals surface area contributed by atoms with Crippen LogP contribution in [0.25, 0.3) is 0 Å². The summed E-state index contributed by atoms with van der Waals surface area (Å²) >= 11 is 0. The smallest absolute Gasteiger partial charge is 0.265 e. The van der Waals surface area contributed by atoms with Crippen LogP contribution in [-0.4, -0.2) is 34.6 Å². The minimum Gasteiger partial charge on any atom is -0.497 e. The summed E-state index contributed by atoms with van der Waals surface area (Å²) in [5.41, 5.74) is 2.76. The Morgan fingerprint density at radius 2 is 1.66 bits per heavy atom. The van der Waals surface area contributed by atoms with Crippen molar-refractivity contribution in [2.24, 2.45) is 0 Å². The molecule has 0 aliphatic carbocycles. The van der Waals surface area contributed by atoms with Crippen LogP contribution in [0, 0.1) is 13.8 Å². The standard InChI is InChI=1S/C26H30N2O6S/c1-6-23(34-24-9-7-8-17(2)18(24)3)26(29)27-19-10-13-21(14-11-19)35(30,31)28-22-16-20(32-4)12-15-25(22)33-5/h7-16,23,28H,6H2,1-5H3,(H,27,29)/t23-/m1/s1. The molecule has 2 N–H and O–H groups in total. The van der Waals surface area contributed by atoms with Crippen LogP contribution in [0.4, 0.5) is 11.4 Å². The summed E-state index contributed by atoms with van der Waals surface area (Å²) in [6, 6.07) is 16.4. The zero-order valence-corrected chi connectivity index (χ0v) is 21.2. The second-order valence-corrected chi connectivity index (χ2v) is 9.58. The van der Waals surface area contributed by atoms with Gasteiger partial charge in [-0.3, -0.25) is 9.52 Å². The monoisotopic (exact) mass is 498 g/mol. The molecular weight excluding hydrogens is 468 g/mol. The van der Waals surface area contributed by atoms with Gasteiger partial charge in [0.15, 0.2) is 6.10 Å². The highest BCUT2D eigenvalue weighted by atomic mass is 32.2. The molecule has 0 aliphatic rings. The molecule has 8 nitrogen and oxygen atoms in total. The van der Waals surface area contributed by atoms with E-state index in [4.69, 9.17) is 14.2 Å². The number of methoxy groups -OCH3 is 2. The van der Waals surface area contributed by atoms with E-state index in [9.17, 15) is 13.2 Å². The average molecular weight is 499 g/mol. The van der Waals surface area contributed by atoms with Gasteiger partial charge in [0.2, 0.25) is 0 Å². The molecule has 1 amide bonds. The van der Waals surface area contributed by atoms with Crippen molar-refractivity contribution in [1.82, 2.24) is 0 Å². The fraction of sp³-hybridized carbons (Fsp3) is 0.269. The summed E-state index contributed by atoms with van der Waals surface area (Å²) in [6.07, 6.45) is -0.223. The van der Waals surface area contributed by atoms with Crippen LogP contribution in [0.1, 0.15) is 24.5 Å². The first-order chi connectivity index (χ1) is 16.7.